The van der Waals surface area contributed by atoms with E-state index in [-0.39, 0.29) is 18.4 Å². The number of amides is 2. The van der Waals surface area contributed by atoms with Crippen molar-refractivity contribution in [1.82, 2.24) is 30.8 Å². The molecular weight excluding hydrogens is 373 g/mol. The fraction of sp³-hybridized carbons (Fsp3) is 0.500. The van der Waals surface area contributed by atoms with Crippen molar-refractivity contribution in [2.45, 2.75) is 43.9 Å². The molecule has 1 aliphatic carbocycles. The summed E-state index contributed by atoms with van der Waals surface area (Å²) < 4.78 is 36.6. The Morgan fingerprint density at radius 2 is 1.92 bits per heavy atom. The second-order valence-corrected chi connectivity index (χ2v) is 6.73. The first-order valence-electron chi connectivity index (χ1n) is 7.76. The maximum absolute atomic E-state index is 12.2. The van der Waals surface area contributed by atoms with Gasteiger partial charge in [-0.3, -0.25) is 14.7 Å². The summed E-state index contributed by atoms with van der Waals surface area (Å²) in [6, 6.07) is -0.846. The molecule has 2 aromatic heterocycles. The van der Waals surface area contributed by atoms with Crippen molar-refractivity contribution in [2.24, 2.45) is 0 Å². The number of hydrogen-bond acceptors (Lipinski definition) is 6. The molecule has 2 heterocycles. The van der Waals surface area contributed by atoms with E-state index < -0.39 is 24.5 Å². The predicted octanol–water partition coefficient (Wildman–Crippen LogP) is 1.19. The highest BCUT2D eigenvalue weighted by molar-refractivity contribution is 7.13. The Bertz CT molecular complexity index is 776. The van der Waals surface area contributed by atoms with E-state index in [0.29, 0.717) is 29.4 Å². The molecule has 0 aliphatic heterocycles. The van der Waals surface area contributed by atoms with Crippen molar-refractivity contribution in [3.05, 3.63) is 17.4 Å². The van der Waals surface area contributed by atoms with Gasteiger partial charge >= 0.3 is 6.18 Å². The zero-order valence-electron chi connectivity index (χ0n) is 13.3. The predicted molar refractivity (Wildman–Crippen MR) is 85.0 cm³/mol. The fourth-order valence-electron chi connectivity index (χ4n) is 2.51. The van der Waals surface area contributed by atoms with Crippen LogP contribution >= 0.6 is 11.3 Å². The van der Waals surface area contributed by atoms with Crippen LogP contribution in [0.4, 0.5) is 13.2 Å². The molecule has 2 amide bonds. The zero-order valence-corrected chi connectivity index (χ0v) is 14.2. The van der Waals surface area contributed by atoms with Crippen molar-refractivity contribution >= 4 is 23.2 Å². The normalized spacial score (nSPS) is 19.7. The van der Waals surface area contributed by atoms with E-state index in [0.717, 1.165) is 0 Å². The molecule has 0 spiro atoms. The van der Waals surface area contributed by atoms with Crippen LogP contribution in [0.5, 0.6) is 0 Å². The van der Waals surface area contributed by atoms with Gasteiger partial charge in [0.1, 0.15) is 12.7 Å². The summed E-state index contributed by atoms with van der Waals surface area (Å²) in [4.78, 5) is 31.7. The van der Waals surface area contributed by atoms with E-state index >= 15 is 0 Å². The minimum Gasteiger partial charge on any atom is -0.351 e. The second-order valence-electron chi connectivity index (χ2n) is 5.87. The molecule has 0 aromatic carbocycles. The Kier molecular flexibility index (Phi) is 5.20. The molecule has 1 fully saturated rings. The van der Waals surface area contributed by atoms with Crippen LogP contribution in [0.15, 0.2) is 11.7 Å². The largest absolute Gasteiger partial charge is 0.397 e. The zero-order chi connectivity index (χ0) is 18.7. The highest BCUT2D eigenvalue weighted by Crippen LogP contribution is 2.23. The topological polar surface area (TPSA) is 113 Å². The number of carbonyl (C=O) groups is 2. The first-order valence-corrected chi connectivity index (χ1v) is 8.64. The molecule has 0 saturated heterocycles. The van der Waals surface area contributed by atoms with Gasteiger partial charge in [-0.2, -0.15) is 18.3 Å². The summed E-state index contributed by atoms with van der Waals surface area (Å²) in [7, 11) is 0. The van der Waals surface area contributed by atoms with Gasteiger partial charge in [0.05, 0.1) is 12.1 Å². The monoisotopic (exact) mass is 388 g/mol. The number of alkyl halides is 3. The number of hydrogen-bond donors (Lipinski definition) is 3. The van der Waals surface area contributed by atoms with Crippen LogP contribution in [0.25, 0.3) is 10.8 Å². The van der Waals surface area contributed by atoms with Crippen molar-refractivity contribution in [1.29, 1.82) is 0 Å². The molecule has 140 valence electrons. The van der Waals surface area contributed by atoms with Gasteiger partial charge in [-0.1, -0.05) is 0 Å². The Morgan fingerprint density at radius 3 is 2.50 bits per heavy atom. The first-order chi connectivity index (χ1) is 12.3. The smallest absolute Gasteiger partial charge is 0.351 e. The summed E-state index contributed by atoms with van der Waals surface area (Å²) in [6.45, 7) is 0. The third kappa shape index (κ3) is 4.77. The van der Waals surface area contributed by atoms with E-state index in [1.165, 1.54) is 17.7 Å². The molecular formula is C14H15F3N6O2S. The molecule has 2 aromatic rings. The third-order valence-electron chi connectivity index (χ3n) is 3.84. The molecule has 0 radical (unpaired) electrons. The molecule has 8 nitrogen and oxygen atoms in total. The third-order valence-corrected chi connectivity index (χ3v) is 4.74. The summed E-state index contributed by atoms with van der Waals surface area (Å²) in [5.41, 5.74) is 0.552. The number of thiazole rings is 1. The van der Waals surface area contributed by atoms with Crippen LogP contribution in [0, 0.1) is 0 Å². The lowest BCUT2D eigenvalue weighted by Crippen LogP contribution is -2.58. The Morgan fingerprint density at radius 1 is 1.23 bits per heavy atom. The average Bonchev–Trinajstić information content (AvgIpc) is 3.18. The lowest BCUT2D eigenvalue weighted by atomic mass is 9.86. The summed E-state index contributed by atoms with van der Waals surface area (Å²) in [6.07, 6.45) is -3.55. The number of nitrogens with zero attached hydrogens (tertiary/aromatic N) is 3. The van der Waals surface area contributed by atoms with Gasteiger partial charge in [-0.15, -0.1) is 11.3 Å². The number of nitrogens with one attached hydrogen (secondary N) is 3. The van der Waals surface area contributed by atoms with Crippen LogP contribution < -0.4 is 10.6 Å². The highest BCUT2D eigenvalue weighted by Gasteiger charge is 2.37. The van der Waals surface area contributed by atoms with Gasteiger partial charge in [-0.25, -0.2) is 9.97 Å². The lowest BCUT2D eigenvalue weighted by Gasteiger charge is -2.37. The number of H-pyrrole nitrogens is 1. The minimum absolute atomic E-state index is 0.0321. The highest BCUT2D eigenvalue weighted by atomic mass is 32.1. The molecule has 2 unspecified atom stereocenters. The van der Waals surface area contributed by atoms with E-state index in [1.54, 1.807) is 5.38 Å². The molecule has 12 heteroatoms. The fourth-order valence-corrected chi connectivity index (χ4v) is 3.28. The summed E-state index contributed by atoms with van der Waals surface area (Å²) in [5.74, 6) is -0.884. The summed E-state index contributed by atoms with van der Waals surface area (Å²) >= 11 is 1.31. The first kappa shape index (κ1) is 18.3. The average molecular weight is 388 g/mol. The van der Waals surface area contributed by atoms with Crippen molar-refractivity contribution in [3.63, 3.8) is 0 Å². The van der Waals surface area contributed by atoms with E-state index in [1.807, 2.05) is 0 Å². The number of rotatable bonds is 6. The van der Waals surface area contributed by atoms with Crippen LogP contribution in [-0.2, 0) is 16.0 Å². The molecule has 2 atom stereocenters. The lowest BCUT2D eigenvalue weighted by molar-refractivity contribution is -0.155. The van der Waals surface area contributed by atoms with Gasteiger partial charge in [0, 0.05) is 17.5 Å². The minimum atomic E-state index is -4.54. The Labute approximate surface area is 149 Å². The van der Waals surface area contributed by atoms with Gasteiger partial charge in [0.2, 0.25) is 11.8 Å². The number of aromatic nitrogens is 4. The standard InChI is InChI=1S/C14H15F3N6O2S/c15-14(16,17)4-11(25)22-9-2-1-8(9)21-10(24)3-7-5-26-13(20-7)12-18-6-19-23-12/h5-6,8-9H,1-4H2,(H,21,24)(H,22,25)(H,18,19,23). The maximum atomic E-state index is 12.2. The van der Waals surface area contributed by atoms with Crippen molar-refractivity contribution in [2.75, 3.05) is 0 Å². The maximum Gasteiger partial charge on any atom is 0.397 e. The van der Waals surface area contributed by atoms with Crippen LogP contribution in [0.2, 0.25) is 0 Å². The number of carbonyl (C=O) groups excluding carboxylic acids is 2. The van der Waals surface area contributed by atoms with E-state index in [2.05, 4.69) is 30.8 Å². The van der Waals surface area contributed by atoms with Crippen LogP contribution in [0.3, 0.4) is 0 Å². The molecule has 3 rings (SSSR count). The van der Waals surface area contributed by atoms with Crippen molar-refractivity contribution < 1.29 is 22.8 Å². The van der Waals surface area contributed by atoms with Gasteiger partial charge in [0.15, 0.2) is 10.8 Å². The van der Waals surface area contributed by atoms with Crippen LogP contribution in [-0.4, -0.2) is 50.2 Å². The Hall–Kier alpha value is -2.50. The van der Waals surface area contributed by atoms with E-state index in [4.69, 9.17) is 0 Å². The molecule has 1 saturated carbocycles. The summed E-state index contributed by atoms with van der Waals surface area (Å²) in [5, 5.41) is 13.8. The van der Waals surface area contributed by atoms with Gasteiger partial charge < -0.3 is 10.6 Å². The SMILES string of the molecule is O=C(Cc1csc(-c2ncn[nH]2)n1)NC1CCC1NC(=O)CC(F)(F)F. The van der Waals surface area contributed by atoms with Crippen molar-refractivity contribution in [3.8, 4) is 10.8 Å². The van der Waals surface area contributed by atoms with Gasteiger partial charge in [-0.05, 0) is 12.8 Å². The number of aromatic amines is 1. The molecule has 26 heavy (non-hydrogen) atoms. The second kappa shape index (κ2) is 7.40. The van der Waals surface area contributed by atoms with E-state index in [9.17, 15) is 22.8 Å². The quantitative estimate of drug-likeness (QED) is 0.688. The molecule has 0 bridgehead atoms. The molecule has 1 aliphatic rings. The number of halogens is 3. The van der Waals surface area contributed by atoms with Crippen LogP contribution in [0.1, 0.15) is 25.0 Å². The van der Waals surface area contributed by atoms with Gasteiger partial charge in [0.25, 0.3) is 0 Å². The Balaban J connectivity index is 1.47. The molecule has 3 N–H and O–H groups in total.